The largest absolute Gasteiger partial charge is 0.0134 e. The number of rotatable bonds is 14. The van der Waals surface area contributed by atoms with Crippen LogP contribution in [0.25, 0.3) is 0 Å². The summed E-state index contributed by atoms with van der Waals surface area (Å²) >= 11 is 6.44. The van der Waals surface area contributed by atoms with Crippen molar-refractivity contribution in [3.05, 3.63) is 84.4 Å². The van der Waals surface area contributed by atoms with Gasteiger partial charge in [-0.05, 0) is 37.3 Å². The number of amides is 2. The molecule has 0 aliphatic heterocycles. The number of hydrazone groups is 1. The number of benzene rings is 3. The van der Waals surface area contributed by atoms with Gasteiger partial charge in [-0.2, -0.15) is 0 Å². The van der Waals surface area contributed by atoms with Gasteiger partial charge in [0.1, 0.15) is 0 Å². The predicted octanol–water partition coefficient (Wildman–Crippen LogP) is 6.22. The third kappa shape index (κ3) is 10.9. The Hall–Kier alpha value is -4.06. The number of hydrogen-bond acceptors (Lipinski definition) is 6. The van der Waals surface area contributed by atoms with Crippen LogP contribution in [0.15, 0.2) is 84.0 Å². The molecular weight excluding hydrogens is 607 g/mol. The average molecular weight is 646 g/mol. The van der Waals surface area contributed by atoms with Crippen LogP contribution in [0.1, 0.15) is 44.5 Å². The molecule has 0 heterocycles. The Morgan fingerprint density at radius 2 is 1.44 bits per heavy atom. The van der Waals surface area contributed by atoms with E-state index < -0.39 is 11.7 Å². The van der Waals surface area contributed by atoms with Gasteiger partial charge in [0.15, 0.2) is 5.11 Å². The van der Waals surface area contributed by atoms with Gasteiger partial charge in [-0.15, -0.1) is 0 Å². The fraction of sp³-hybridized carbons (Fsp3) is 0.281. The number of nitrogens with one attached hydrogen (secondary N) is 5. The fourth-order valence-corrected chi connectivity index (χ4v) is 5.75. The molecule has 0 aliphatic carbocycles. The van der Waals surface area contributed by atoms with Gasteiger partial charge < -0.3 is 10.6 Å². The molecule has 2 amide bonds. The van der Waals surface area contributed by atoms with E-state index in [-0.39, 0.29) is 17.5 Å². The molecule has 0 saturated heterocycles. The van der Waals surface area contributed by atoms with E-state index in [1.807, 2.05) is 38.1 Å². The van der Waals surface area contributed by atoms with Crippen LogP contribution in [0.4, 0.5) is 22.7 Å². The first-order valence-corrected chi connectivity index (χ1v) is 15.7. The monoisotopic (exact) mass is 645 g/mol. The van der Waals surface area contributed by atoms with E-state index in [0.29, 0.717) is 39.3 Å². The molecule has 0 radical (unpaired) electrons. The Bertz CT molecular complexity index is 1450. The predicted molar refractivity (Wildman–Crippen MR) is 175 cm³/mol. The molecule has 0 aliphatic rings. The van der Waals surface area contributed by atoms with E-state index in [1.54, 1.807) is 42.5 Å². The summed E-state index contributed by atoms with van der Waals surface area (Å²) < 4.78 is 0. The van der Waals surface area contributed by atoms with Gasteiger partial charge in [0.05, 0.1) is 5.69 Å². The third-order valence-corrected chi connectivity index (χ3v) is 8.49. The molecule has 43 heavy (non-hydrogen) atoms. The van der Waals surface area contributed by atoms with Gasteiger partial charge in [0.25, 0.3) is 0 Å². The number of thiocarbonyl (C=S) groups is 1. The normalized spacial score (nSPS) is 12.5. The third-order valence-electron chi connectivity index (χ3n) is 6.07. The second-order valence-electron chi connectivity index (χ2n) is 9.65. The van der Waals surface area contributed by atoms with Crippen molar-refractivity contribution >= 4 is 63.4 Å². The van der Waals surface area contributed by atoms with Gasteiger partial charge in [-0.25, -0.2) is 0 Å². The quantitative estimate of drug-likeness (QED) is 0.0611. The Kier molecular flexibility index (Phi) is 13.3. The maximum Gasteiger partial charge on any atom is -0.0134 e. The molecule has 3 aromatic rings. The van der Waals surface area contributed by atoms with Crippen molar-refractivity contribution < 1.29 is 29.1 Å². The molecule has 229 valence electrons. The summed E-state index contributed by atoms with van der Waals surface area (Å²) in [5.74, 6) is -1.49. The van der Waals surface area contributed by atoms with Crippen molar-refractivity contribution in [3.63, 3.8) is 0 Å². The average Bonchev–Trinajstić information content (AvgIpc) is 2.98. The zero-order valence-corrected chi connectivity index (χ0v) is 26.6. The maximum atomic E-state index is 13.0. The Morgan fingerprint density at radius 3 is 2.07 bits per heavy atom. The molecule has 2 atom stereocenters. The van der Waals surface area contributed by atoms with Crippen LogP contribution in [0, 0.1) is 5.92 Å². The van der Waals surface area contributed by atoms with Gasteiger partial charge in [-0.1, -0.05) is 6.07 Å². The molecule has 2 unspecified atom stereocenters. The number of nitrogens with zero attached hydrogens (tertiary/aromatic N) is 1. The van der Waals surface area contributed by atoms with Gasteiger partial charge >= 0.3 is 188 Å². The second-order valence-corrected chi connectivity index (χ2v) is 11.6. The van der Waals surface area contributed by atoms with Crippen LogP contribution in [-0.4, -0.2) is 35.0 Å². The van der Waals surface area contributed by atoms with Crippen molar-refractivity contribution in [2.24, 2.45) is 11.0 Å². The van der Waals surface area contributed by atoms with Crippen LogP contribution in [-0.2, 0) is 29.1 Å². The molecular formula is C32H38CoN6O3S. The van der Waals surface area contributed by atoms with Crippen LogP contribution < -0.4 is 26.7 Å². The van der Waals surface area contributed by atoms with Crippen molar-refractivity contribution in [2.75, 3.05) is 27.9 Å². The molecule has 3 rings (SSSR count). The van der Waals surface area contributed by atoms with Gasteiger partial charge in [-0.3, -0.25) is 0 Å². The van der Waals surface area contributed by atoms with Crippen LogP contribution in [0.3, 0.4) is 0 Å². The molecule has 0 saturated carbocycles. The topological polar surface area (TPSA) is 124 Å². The minimum atomic E-state index is -0.676. The summed E-state index contributed by atoms with van der Waals surface area (Å²) in [5.41, 5.74) is 5.98. The molecule has 11 heteroatoms. The summed E-state index contributed by atoms with van der Waals surface area (Å²) in [6.45, 7) is 7.97. The summed E-state index contributed by atoms with van der Waals surface area (Å²) in [4.78, 5) is 38.5. The van der Waals surface area contributed by atoms with Crippen molar-refractivity contribution in [2.45, 2.75) is 44.3 Å². The van der Waals surface area contributed by atoms with E-state index >= 15 is 0 Å². The molecule has 0 bridgehead atoms. The number of ketones is 1. The molecule has 0 fully saturated rings. The standard InChI is InChI=1S/C23H27N6O3S.C9H11.Co/c1-5-24-23(33)27-18-10-7-11-19(13-18)28-29-20(15(4)30)22(32)26-17-9-6-8-16(12-17)25-21(31)14(2)3;1-2-6-9-7-4-3-5-8-9;/h6-14,28H,2,5H2,1,3-4H3,(H,25,31)(H,26,32)(H2,24,27,33);3-8H,2H2,1H3;/b29-20-;;. The summed E-state index contributed by atoms with van der Waals surface area (Å²) in [6, 6.07) is 24.2. The second kappa shape index (κ2) is 17.1. The van der Waals surface area contributed by atoms with Crippen molar-refractivity contribution in [3.8, 4) is 0 Å². The molecule has 0 aromatic heterocycles. The summed E-state index contributed by atoms with van der Waals surface area (Å²) in [6.07, 6.45) is 0.996. The molecule has 9 nitrogen and oxygen atoms in total. The Labute approximate surface area is 264 Å². The van der Waals surface area contributed by atoms with Crippen LogP contribution >= 0.6 is 12.2 Å². The minimum absolute atomic E-state index is 0.101. The van der Waals surface area contributed by atoms with Crippen LogP contribution in [0.5, 0.6) is 0 Å². The summed E-state index contributed by atoms with van der Waals surface area (Å²) in [7, 11) is 0. The summed E-state index contributed by atoms with van der Waals surface area (Å²) in [5, 5.41) is 17.0. The van der Waals surface area contributed by atoms with E-state index in [2.05, 4.69) is 50.9 Å². The van der Waals surface area contributed by atoms with Crippen molar-refractivity contribution in [1.82, 2.24) is 5.32 Å². The molecule has 3 aromatic carbocycles. The number of anilines is 4. The first-order valence-electron chi connectivity index (χ1n) is 14.0. The number of carbonyl (C=O) groups is 3. The number of Topliss-reactive ketones (excluding diaryl/α,β-unsaturated/α-hetero) is 1. The Balaban J connectivity index is 1.59. The zero-order valence-electron chi connectivity index (χ0n) is 24.7. The Morgan fingerprint density at radius 1 is 0.837 bits per heavy atom. The van der Waals surface area contributed by atoms with Crippen LogP contribution in [0.2, 0.25) is 5.36 Å². The minimum Gasteiger partial charge on any atom is -0.0134 e. The van der Waals surface area contributed by atoms with E-state index in [4.69, 9.17) is 12.2 Å². The van der Waals surface area contributed by atoms with Gasteiger partial charge in [0, 0.05) is 12.2 Å². The smallest absolute Gasteiger partial charge is 0.0134 e. The molecule has 0 spiro atoms. The molecule has 5 N–H and O–H groups in total. The van der Waals surface area contributed by atoms with Crippen molar-refractivity contribution in [1.29, 1.82) is 0 Å². The first-order chi connectivity index (χ1) is 20.7. The number of carbonyl (C=O) groups excluding carboxylic acids is 3. The fourth-order valence-electron chi connectivity index (χ4n) is 3.88. The first kappa shape index (κ1) is 33.4. The maximum absolute atomic E-state index is 13.0. The van der Waals surface area contributed by atoms with E-state index in [0.717, 1.165) is 11.8 Å². The van der Waals surface area contributed by atoms with E-state index in [1.165, 1.54) is 27.2 Å². The van der Waals surface area contributed by atoms with E-state index in [9.17, 15) is 14.4 Å². The zero-order chi connectivity index (χ0) is 31.2. The SMILES string of the molecule is CCNC(=S)Nc1cccc(N/N=C(/C(C)=O)C(=O)Nc2cccc(NC(=O)C(C)[CH2][Co][CH](CC)c3ccccc3)c2)c1. The van der Waals surface area contributed by atoms with Gasteiger partial charge in [0.2, 0.25) is 0 Å². The number of hydrogen-bond donors (Lipinski definition) is 5.